The van der Waals surface area contributed by atoms with Gasteiger partial charge in [-0.1, -0.05) is 0 Å². The van der Waals surface area contributed by atoms with E-state index in [0.29, 0.717) is 18.7 Å². The number of esters is 1. The van der Waals surface area contributed by atoms with E-state index in [1.807, 2.05) is 0 Å². The minimum absolute atomic E-state index is 0.0747. The highest BCUT2D eigenvalue weighted by molar-refractivity contribution is 6.28. The number of rotatable bonds is 3. The van der Waals surface area contributed by atoms with Crippen LogP contribution in [0.25, 0.3) is 11.0 Å². The molecule has 0 radical (unpaired) electrons. The summed E-state index contributed by atoms with van der Waals surface area (Å²) in [6, 6.07) is 1.80. The summed E-state index contributed by atoms with van der Waals surface area (Å²) in [6.07, 6.45) is 1.63. The molecule has 1 aliphatic heterocycles. The van der Waals surface area contributed by atoms with Gasteiger partial charge in [-0.3, -0.25) is 9.59 Å². The van der Waals surface area contributed by atoms with Gasteiger partial charge in [0, 0.05) is 13.1 Å². The Morgan fingerprint density at radius 1 is 1.35 bits per heavy atom. The third kappa shape index (κ3) is 4.13. The van der Waals surface area contributed by atoms with Crippen LogP contribution in [-0.4, -0.2) is 52.4 Å². The topological polar surface area (TPSA) is 86.6 Å². The van der Waals surface area contributed by atoms with Gasteiger partial charge < -0.3 is 18.9 Å². The quantitative estimate of drug-likeness (QED) is 0.590. The van der Waals surface area contributed by atoms with Gasteiger partial charge in [-0.05, 0) is 38.4 Å². The lowest BCUT2D eigenvalue weighted by atomic mass is 10.2. The second-order valence-electron chi connectivity index (χ2n) is 7.02. The van der Waals surface area contributed by atoms with Crippen molar-refractivity contribution in [3.63, 3.8) is 0 Å². The number of nitrogens with zero attached hydrogens (tertiary/aromatic N) is 4. The molecule has 140 valence electrons. The Morgan fingerprint density at radius 2 is 2.04 bits per heavy atom. The number of anilines is 1. The monoisotopic (exact) mass is 380 g/mol. The molecule has 2 aromatic heterocycles. The number of aromatic nitrogens is 3. The largest absolute Gasteiger partial charge is 0.459 e. The molecule has 3 rings (SSSR count). The molecule has 1 saturated heterocycles. The van der Waals surface area contributed by atoms with Gasteiger partial charge in [0.25, 0.3) is 5.56 Å². The lowest BCUT2D eigenvalue weighted by Gasteiger charge is -2.28. The van der Waals surface area contributed by atoms with Crippen LogP contribution >= 0.6 is 11.6 Å². The maximum Gasteiger partial charge on any atom is 0.326 e. The molecule has 8 nitrogen and oxygen atoms in total. The second kappa shape index (κ2) is 7.20. The first-order valence-electron chi connectivity index (χ1n) is 8.35. The lowest BCUT2D eigenvalue weighted by Crippen LogP contribution is -2.36. The molecule has 0 N–H and O–H groups in total. The van der Waals surface area contributed by atoms with Crippen LogP contribution in [0, 0.1) is 0 Å². The summed E-state index contributed by atoms with van der Waals surface area (Å²) in [5.41, 5.74) is 0.294. The van der Waals surface area contributed by atoms with E-state index in [4.69, 9.17) is 21.1 Å². The molecule has 0 atom stereocenters. The molecule has 0 bridgehead atoms. The van der Waals surface area contributed by atoms with E-state index in [1.54, 1.807) is 33.0 Å². The van der Waals surface area contributed by atoms with E-state index in [2.05, 4.69) is 14.9 Å². The van der Waals surface area contributed by atoms with Gasteiger partial charge in [0.05, 0.1) is 30.6 Å². The van der Waals surface area contributed by atoms with Gasteiger partial charge in [0.1, 0.15) is 12.1 Å². The minimum atomic E-state index is -0.622. The summed E-state index contributed by atoms with van der Waals surface area (Å²) in [6.45, 7) is 7.89. The fourth-order valence-corrected chi connectivity index (χ4v) is 2.98. The molecule has 0 spiro atoms. The highest BCUT2D eigenvalue weighted by atomic mass is 35.5. The van der Waals surface area contributed by atoms with E-state index < -0.39 is 17.1 Å². The fourth-order valence-electron chi connectivity index (χ4n) is 2.76. The Kier molecular flexibility index (Phi) is 5.15. The van der Waals surface area contributed by atoms with E-state index in [-0.39, 0.29) is 17.3 Å². The van der Waals surface area contributed by atoms with E-state index >= 15 is 0 Å². The molecule has 0 aromatic carbocycles. The molecular formula is C17H21ClN4O4. The number of morpholine rings is 1. The van der Waals surface area contributed by atoms with Crippen LogP contribution in [0.2, 0.25) is 5.28 Å². The van der Waals surface area contributed by atoms with Crippen LogP contribution in [-0.2, 0) is 20.8 Å². The molecule has 0 aliphatic carbocycles. The van der Waals surface area contributed by atoms with Gasteiger partial charge >= 0.3 is 5.97 Å². The highest BCUT2D eigenvalue weighted by Gasteiger charge is 2.20. The first kappa shape index (κ1) is 18.6. The molecule has 0 unspecified atom stereocenters. The van der Waals surface area contributed by atoms with Crippen molar-refractivity contribution in [2.45, 2.75) is 32.9 Å². The van der Waals surface area contributed by atoms with Gasteiger partial charge in [0.2, 0.25) is 5.28 Å². The summed E-state index contributed by atoms with van der Waals surface area (Å²) < 4.78 is 12.2. The SMILES string of the molecule is CC(C)(C)OC(=O)Cn1c(Cl)nc(=O)c2ncc(N3CCOCC3)cc21. The first-order chi connectivity index (χ1) is 12.2. The summed E-state index contributed by atoms with van der Waals surface area (Å²) in [4.78, 5) is 34.5. The normalized spacial score (nSPS) is 15.3. The third-order valence-electron chi connectivity index (χ3n) is 3.85. The average molecular weight is 381 g/mol. The molecule has 3 heterocycles. The van der Waals surface area contributed by atoms with Crippen LogP contribution in [0.3, 0.4) is 0 Å². The van der Waals surface area contributed by atoms with Gasteiger partial charge in [-0.25, -0.2) is 4.98 Å². The van der Waals surface area contributed by atoms with Crippen molar-refractivity contribution in [3.8, 4) is 0 Å². The van der Waals surface area contributed by atoms with Crippen molar-refractivity contribution < 1.29 is 14.3 Å². The van der Waals surface area contributed by atoms with Crippen molar-refractivity contribution in [2.24, 2.45) is 0 Å². The fraction of sp³-hybridized carbons (Fsp3) is 0.529. The summed E-state index contributed by atoms with van der Waals surface area (Å²) in [7, 11) is 0. The Labute approximate surface area is 155 Å². The molecule has 9 heteroatoms. The van der Waals surface area contributed by atoms with Crippen molar-refractivity contribution in [1.82, 2.24) is 14.5 Å². The van der Waals surface area contributed by atoms with Crippen molar-refractivity contribution >= 4 is 34.3 Å². The minimum Gasteiger partial charge on any atom is -0.459 e. The Bertz CT molecular complexity index is 885. The second-order valence-corrected chi connectivity index (χ2v) is 7.36. The Morgan fingerprint density at radius 3 is 2.69 bits per heavy atom. The predicted molar refractivity (Wildman–Crippen MR) is 97.7 cm³/mol. The third-order valence-corrected chi connectivity index (χ3v) is 4.14. The smallest absolute Gasteiger partial charge is 0.326 e. The maximum absolute atomic E-state index is 12.2. The average Bonchev–Trinajstić information content (AvgIpc) is 2.57. The number of halogens is 1. The summed E-state index contributed by atoms with van der Waals surface area (Å²) >= 11 is 6.14. The van der Waals surface area contributed by atoms with Gasteiger partial charge in [-0.2, -0.15) is 4.98 Å². The molecule has 0 amide bonds. The van der Waals surface area contributed by atoms with E-state index in [0.717, 1.165) is 18.8 Å². The zero-order valence-corrected chi connectivity index (χ0v) is 15.7. The predicted octanol–water partition coefficient (Wildman–Crippen LogP) is 1.62. The zero-order valence-electron chi connectivity index (χ0n) is 15.0. The lowest BCUT2D eigenvalue weighted by molar-refractivity contribution is -0.155. The molecule has 1 aliphatic rings. The number of fused-ring (bicyclic) bond motifs is 1. The van der Waals surface area contributed by atoms with Crippen LogP contribution in [0.5, 0.6) is 0 Å². The molecule has 0 saturated carbocycles. The van der Waals surface area contributed by atoms with Crippen LogP contribution in [0.4, 0.5) is 5.69 Å². The number of carbonyl (C=O) groups is 1. The number of hydrogen-bond acceptors (Lipinski definition) is 7. The van der Waals surface area contributed by atoms with Crippen LogP contribution < -0.4 is 10.5 Å². The standard InChI is InChI=1S/C17H21ClN4O4/c1-17(2,3)26-13(23)10-22-12-8-11(21-4-6-25-7-5-21)9-19-14(12)15(24)20-16(22)18/h8-9H,4-7,10H2,1-3H3. The molecule has 1 fully saturated rings. The number of hydrogen-bond donors (Lipinski definition) is 0. The Hall–Kier alpha value is -2.19. The zero-order chi connectivity index (χ0) is 18.9. The van der Waals surface area contributed by atoms with Crippen LogP contribution in [0.15, 0.2) is 17.1 Å². The van der Waals surface area contributed by atoms with Crippen molar-refractivity contribution in [2.75, 3.05) is 31.2 Å². The van der Waals surface area contributed by atoms with Gasteiger partial charge in [0.15, 0.2) is 5.52 Å². The van der Waals surface area contributed by atoms with E-state index in [1.165, 1.54) is 4.57 Å². The van der Waals surface area contributed by atoms with E-state index in [9.17, 15) is 9.59 Å². The maximum atomic E-state index is 12.2. The van der Waals surface area contributed by atoms with Crippen LogP contribution in [0.1, 0.15) is 20.8 Å². The number of carbonyl (C=O) groups excluding carboxylic acids is 1. The summed E-state index contributed by atoms with van der Waals surface area (Å²) in [5, 5.41) is -0.0747. The summed E-state index contributed by atoms with van der Waals surface area (Å²) in [5.74, 6) is -0.470. The molecule has 26 heavy (non-hydrogen) atoms. The number of ether oxygens (including phenoxy) is 2. The highest BCUT2D eigenvalue weighted by Crippen LogP contribution is 2.21. The van der Waals surface area contributed by atoms with Gasteiger partial charge in [-0.15, -0.1) is 0 Å². The first-order valence-corrected chi connectivity index (χ1v) is 8.73. The molecular weight excluding hydrogens is 360 g/mol. The van der Waals surface area contributed by atoms with Crippen molar-refractivity contribution in [3.05, 3.63) is 27.9 Å². The Balaban J connectivity index is 2.02. The number of pyridine rings is 1. The molecule has 2 aromatic rings. The van der Waals surface area contributed by atoms with Crippen molar-refractivity contribution in [1.29, 1.82) is 0 Å².